The van der Waals surface area contributed by atoms with Crippen molar-refractivity contribution < 1.29 is 9.90 Å². The molecule has 1 aromatic rings. The molecule has 1 heterocycles. The van der Waals surface area contributed by atoms with Gasteiger partial charge in [-0.2, -0.15) is 5.26 Å². The largest absolute Gasteiger partial charge is 0.478 e. The fourth-order valence-electron chi connectivity index (χ4n) is 2.91. The van der Waals surface area contributed by atoms with Gasteiger partial charge in [0, 0.05) is 6.54 Å². The fourth-order valence-corrected chi connectivity index (χ4v) is 2.91. The van der Waals surface area contributed by atoms with Crippen molar-refractivity contribution in [2.45, 2.75) is 39.3 Å². The summed E-state index contributed by atoms with van der Waals surface area (Å²) in [7, 11) is 0. The van der Waals surface area contributed by atoms with Gasteiger partial charge in [-0.1, -0.05) is 26.0 Å². The van der Waals surface area contributed by atoms with Crippen LogP contribution in [0.3, 0.4) is 0 Å². The van der Waals surface area contributed by atoms with Crippen LogP contribution in [0.4, 0.5) is 0 Å². The maximum atomic E-state index is 10.8. The van der Waals surface area contributed by atoms with Gasteiger partial charge in [-0.15, -0.1) is 0 Å². The van der Waals surface area contributed by atoms with Crippen LogP contribution in [0.25, 0.3) is 0 Å². The van der Waals surface area contributed by atoms with Crippen molar-refractivity contribution in [1.82, 2.24) is 4.90 Å². The second kappa shape index (κ2) is 5.64. The summed E-state index contributed by atoms with van der Waals surface area (Å²) in [6.07, 6.45) is 2.16. The predicted molar refractivity (Wildman–Crippen MR) is 76.2 cm³/mol. The Labute approximate surface area is 119 Å². The molecule has 4 nitrogen and oxygen atoms in total. The molecule has 106 valence electrons. The Morgan fingerprint density at radius 1 is 1.45 bits per heavy atom. The van der Waals surface area contributed by atoms with Gasteiger partial charge in [-0.25, -0.2) is 4.79 Å². The monoisotopic (exact) mass is 272 g/mol. The molecule has 0 radical (unpaired) electrons. The molecule has 0 spiro atoms. The van der Waals surface area contributed by atoms with E-state index >= 15 is 0 Å². The zero-order chi connectivity index (χ0) is 14.8. The Morgan fingerprint density at radius 2 is 2.10 bits per heavy atom. The number of benzene rings is 1. The molecule has 1 N–H and O–H groups in total. The summed E-state index contributed by atoms with van der Waals surface area (Å²) in [6.45, 7) is 5.89. The summed E-state index contributed by atoms with van der Waals surface area (Å²) in [6, 6.07) is 9.24. The van der Waals surface area contributed by atoms with Gasteiger partial charge in [0.25, 0.3) is 0 Å². The molecule has 1 aromatic carbocycles. The van der Waals surface area contributed by atoms with Crippen LogP contribution in [-0.4, -0.2) is 28.6 Å². The van der Waals surface area contributed by atoms with Crippen molar-refractivity contribution in [3.63, 3.8) is 0 Å². The number of carboxylic acids is 1. The molecule has 0 aromatic heterocycles. The number of rotatable bonds is 3. The van der Waals surface area contributed by atoms with E-state index in [9.17, 15) is 10.1 Å². The lowest BCUT2D eigenvalue weighted by Gasteiger charge is -2.42. The summed E-state index contributed by atoms with van der Waals surface area (Å²) in [5.41, 5.74) is 1.35. The van der Waals surface area contributed by atoms with Crippen LogP contribution in [0.1, 0.15) is 42.6 Å². The predicted octanol–water partition coefficient (Wildman–Crippen LogP) is 2.90. The highest BCUT2D eigenvalue weighted by molar-refractivity contribution is 5.87. The molecule has 2 rings (SSSR count). The van der Waals surface area contributed by atoms with Gasteiger partial charge >= 0.3 is 5.97 Å². The van der Waals surface area contributed by atoms with Crippen LogP contribution in [0.5, 0.6) is 0 Å². The molecule has 1 unspecified atom stereocenters. The standard InChI is InChI=1S/C16H20N2O2/c1-16(2)8-3-9-18(14(16)10-17)11-12-4-6-13(7-5-12)15(19)20/h4-7,14H,3,8-9,11H2,1-2H3,(H,19,20). The average Bonchev–Trinajstić information content (AvgIpc) is 2.38. The number of nitrogens with zero attached hydrogens (tertiary/aromatic N) is 2. The molecular weight excluding hydrogens is 252 g/mol. The van der Waals surface area contributed by atoms with E-state index in [2.05, 4.69) is 24.8 Å². The van der Waals surface area contributed by atoms with Crippen LogP contribution >= 0.6 is 0 Å². The van der Waals surface area contributed by atoms with E-state index in [0.29, 0.717) is 12.1 Å². The van der Waals surface area contributed by atoms with Crippen molar-refractivity contribution in [3.8, 4) is 6.07 Å². The summed E-state index contributed by atoms with van der Waals surface area (Å²) < 4.78 is 0. The van der Waals surface area contributed by atoms with Crippen molar-refractivity contribution >= 4 is 5.97 Å². The molecule has 20 heavy (non-hydrogen) atoms. The number of likely N-dealkylation sites (tertiary alicyclic amines) is 1. The minimum atomic E-state index is -0.912. The highest BCUT2D eigenvalue weighted by Gasteiger charge is 2.37. The summed E-state index contributed by atoms with van der Waals surface area (Å²) in [5, 5.41) is 18.3. The van der Waals surface area contributed by atoms with Gasteiger partial charge in [0.05, 0.1) is 11.6 Å². The number of piperidine rings is 1. The first-order valence-corrected chi connectivity index (χ1v) is 6.90. The third kappa shape index (κ3) is 3.00. The number of carbonyl (C=O) groups is 1. The molecule has 1 atom stereocenters. The first-order chi connectivity index (χ1) is 9.44. The summed E-state index contributed by atoms with van der Waals surface area (Å²) in [4.78, 5) is 13.0. The minimum absolute atomic E-state index is 0.00794. The van der Waals surface area contributed by atoms with Crippen LogP contribution in [-0.2, 0) is 6.54 Å². The number of hydrogen-bond donors (Lipinski definition) is 1. The van der Waals surface area contributed by atoms with Gasteiger partial charge in [-0.3, -0.25) is 4.90 Å². The molecule has 1 aliphatic heterocycles. The molecular formula is C16H20N2O2. The van der Waals surface area contributed by atoms with Gasteiger partial charge < -0.3 is 5.11 Å². The van der Waals surface area contributed by atoms with E-state index in [1.807, 2.05) is 12.1 Å². The number of hydrogen-bond acceptors (Lipinski definition) is 3. The van der Waals surface area contributed by atoms with Gasteiger partial charge in [0.1, 0.15) is 6.04 Å². The first-order valence-electron chi connectivity index (χ1n) is 6.90. The molecule has 4 heteroatoms. The molecule has 1 aliphatic rings. The van der Waals surface area contributed by atoms with Crippen molar-refractivity contribution in [2.24, 2.45) is 5.41 Å². The Kier molecular flexibility index (Phi) is 4.10. The normalized spacial score (nSPS) is 22.1. The third-order valence-electron chi connectivity index (χ3n) is 4.08. The molecule has 0 amide bonds. The van der Waals surface area contributed by atoms with Crippen LogP contribution in [0, 0.1) is 16.7 Å². The Morgan fingerprint density at radius 3 is 2.65 bits per heavy atom. The smallest absolute Gasteiger partial charge is 0.335 e. The van der Waals surface area contributed by atoms with Crippen LogP contribution < -0.4 is 0 Å². The lowest BCUT2D eigenvalue weighted by molar-refractivity contribution is 0.0662. The van der Waals surface area contributed by atoms with Crippen molar-refractivity contribution in [1.29, 1.82) is 5.26 Å². The summed E-state index contributed by atoms with van der Waals surface area (Å²) >= 11 is 0. The average molecular weight is 272 g/mol. The molecule has 0 saturated carbocycles. The maximum Gasteiger partial charge on any atom is 0.335 e. The molecule has 1 fully saturated rings. The van der Waals surface area contributed by atoms with Gasteiger partial charge in [0.15, 0.2) is 0 Å². The van der Waals surface area contributed by atoms with E-state index in [4.69, 9.17) is 5.11 Å². The van der Waals surface area contributed by atoms with E-state index in [-0.39, 0.29) is 11.5 Å². The SMILES string of the molecule is CC1(C)CCCN(Cc2ccc(C(=O)O)cc2)C1C#N. The van der Waals surface area contributed by atoms with E-state index in [1.165, 1.54) is 0 Å². The minimum Gasteiger partial charge on any atom is -0.478 e. The molecule has 1 saturated heterocycles. The third-order valence-corrected chi connectivity index (χ3v) is 4.08. The zero-order valence-electron chi connectivity index (χ0n) is 12.0. The van der Waals surface area contributed by atoms with Gasteiger partial charge in [0.2, 0.25) is 0 Å². The highest BCUT2D eigenvalue weighted by atomic mass is 16.4. The van der Waals surface area contributed by atoms with Crippen LogP contribution in [0.2, 0.25) is 0 Å². The van der Waals surface area contributed by atoms with E-state index in [0.717, 1.165) is 24.9 Å². The van der Waals surface area contributed by atoms with Crippen molar-refractivity contribution in [3.05, 3.63) is 35.4 Å². The quantitative estimate of drug-likeness (QED) is 0.919. The topological polar surface area (TPSA) is 64.3 Å². The second-order valence-corrected chi connectivity index (χ2v) is 6.10. The fraction of sp³-hybridized carbons (Fsp3) is 0.500. The highest BCUT2D eigenvalue weighted by Crippen LogP contribution is 2.35. The Hall–Kier alpha value is -1.86. The van der Waals surface area contributed by atoms with Crippen LogP contribution in [0.15, 0.2) is 24.3 Å². The first kappa shape index (κ1) is 14.5. The lowest BCUT2D eigenvalue weighted by atomic mass is 9.77. The zero-order valence-corrected chi connectivity index (χ0v) is 12.0. The number of aromatic carboxylic acids is 1. The van der Waals surface area contributed by atoms with Crippen molar-refractivity contribution in [2.75, 3.05) is 6.54 Å². The molecule has 0 aliphatic carbocycles. The van der Waals surface area contributed by atoms with E-state index < -0.39 is 5.97 Å². The maximum absolute atomic E-state index is 10.8. The number of nitriles is 1. The number of carboxylic acid groups (broad SMARTS) is 1. The Balaban J connectivity index is 2.12. The second-order valence-electron chi connectivity index (χ2n) is 6.10. The lowest BCUT2D eigenvalue weighted by Crippen LogP contribution is -2.48. The summed E-state index contributed by atoms with van der Waals surface area (Å²) in [5.74, 6) is -0.912. The van der Waals surface area contributed by atoms with Gasteiger partial charge in [-0.05, 0) is 42.5 Å². The van der Waals surface area contributed by atoms with E-state index in [1.54, 1.807) is 12.1 Å². The Bertz CT molecular complexity index is 528. The molecule has 0 bridgehead atoms.